The molecule has 6 N–H and O–H groups in total. The predicted octanol–water partition coefficient (Wildman–Crippen LogP) is 1.68. The van der Waals surface area contributed by atoms with Gasteiger partial charge in [0.1, 0.15) is 12.4 Å². The molecule has 11 heteroatoms. The highest BCUT2D eigenvalue weighted by molar-refractivity contribution is 7.96. The van der Waals surface area contributed by atoms with Gasteiger partial charge in [-0.1, -0.05) is 30.1 Å². The van der Waals surface area contributed by atoms with Gasteiger partial charge in [-0.15, -0.1) is 0 Å². The van der Waals surface area contributed by atoms with Crippen molar-refractivity contribution in [3.8, 4) is 11.1 Å². The summed E-state index contributed by atoms with van der Waals surface area (Å²) in [6.07, 6.45) is 4.04. The number of aromatic nitrogens is 2. The number of hydrogen-bond acceptors (Lipinski definition) is 8. The molecule has 144 valence electrons. The van der Waals surface area contributed by atoms with Crippen molar-refractivity contribution in [2.24, 2.45) is 5.73 Å². The molecule has 0 aliphatic rings. The van der Waals surface area contributed by atoms with Crippen molar-refractivity contribution in [1.82, 2.24) is 20.0 Å². The number of hydrogen-bond donors (Lipinski definition) is 5. The maximum atomic E-state index is 14.7. The first-order valence-corrected chi connectivity index (χ1v) is 9.11. The van der Waals surface area contributed by atoms with Gasteiger partial charge in [-0.3, -0.25) is 15.4 Å². The van der Waals surface area contributed by atoms with Crippen molar-refractivity contribution >= 4 is 29.9 Å². The van der Waals surface area contributed by atoms with E-state index in [0.29, 0.717) is 23.6 Å². The zero-order valence-corrected chi connectivity index (χ0v) is 15.4. The maximum absolute atomic E-state index is 14.7. The minimum Gasteiger partial charge on any atom is -0.444 e. The minimum absolute atomic E-state index is 0.177. The lowest BCUT2D eigenvalue weighted by atomic mass is 10.1. The summed E-state index contributed by atoms with van der Waals surface area (Å²) in [5, 5.41) is 11.9. The van der Waals surface area contributed by atoms with Gasteiger partial charge in [0.15, 0.2) is 5.96 Å². The molecule has 0 aliphatic carbocycles. The molecule has 9 nitrogen and oxygen atoms in total. The van der Waals surface area contributed by atoms with E-state index in [1.54, 1.807) is 12.1 Å². The number of halogens is 1. The molecular weight excluding hydrogens is 373 g/mol. The molecule has 0 spiro atoms. The van der Waals surface area contributed by atoms with Crippen molar-refractivity contribution in [2.45, 2.75) is 6.61 Å². The number of carbonyl (C=O) groups is 1. The van der Waals surface area contributed by atoms with Crippen LogP contribution in [-0.4, -0.2) is 41.4 Å². The molecule has 0 unspecified atom stereocenters. The Hall–Kier alpha value is -2.92. The summed E-state index contributed by atoms with van der Waals surface area (Å²) < 4.78 is 22.6. The van der Waals surface area contributed by atoms with Gasteiger partial charge < -0.3 is 15.8 Å². The van der Waals surface area contributed by atoms with Crippen LogP contribution in [0.3, 0.4) is 0 Å². The molecule has 27 heavy (non-hydrogen) atoms. The SMILES string of the molecule is CSNCCNc1ncc(-c2cccc(COC(=O)NC(=N)N)c2F)cn1. The number of anilines is 1. The number of guanidine groups is 1. The third-order valence-corrected chi connectivity index (χ3v) is 3.78. The lowest BCUT2D eigenvalue weighted by Gasteiger charge is -2.10. The fraction of sp³-hybridized carbons (Fsp3) is 0.250. The number of nitrogens with one attached hydrogen (secondary N) is 4. The summed E-state index contributed by atoms with van der Waals surface area (Å²) in [7, 11) is 0. The van der Waals surface area contributed by atoms with Gasteiger partial charge in [0.2, 0.25) is 5.95 Å². The Morgan fingerprint density at radius 1 is 1.33 bits per heavy atom. The van der Waals surface area contributed by atoms with Crippen LogP contribution in [0.1, 0.15) is 5.56 Å². The van der Waals surface area contributed by atoms with Crippen LogP contribution in [0.5, 0.6) is 0 Å². The number of carbonyl (C=O) groups excluding carboxylic acids is 1. The van der Waals surface area contributed by atoms with Crippen molar-refractivity contribution < 1.29 is 13.9 Å². The number of nitrogens with two attached hydrogens (primary N) is 1. The Kier molecular flexibility index (Phi) is 7.77. The molecule has 0 fully saturated rings. The summed E-state index contributed by atoms with van der Waals surface area (Å²) in [6.45, 7) is 1.10. The molecule has 1 heterocycles. The smallest absolute Gasteiger partial charge is 0.414 e. The van der Waals surface area contributed by atoms with E-state index in [0.717, 1.165) is 6.54 Å². The Morgan fingerprint density at radius 3 is 2.74 bits per heavy atom. The second-order valence-electron chi connectivity index (χ2n) is 5.21. The van der Waals surface area contributed by atoms with Crippen molar-refractivity contribution in [1.29, 1.82) is 5.41 Å². The van der Waals surface area contributed by atoms with E-state index in [-0.39, 0.29) is 12.2 Å². The van der Waals surface area contributed by atoms with Gasteiger partial charge in [-0.25, -0.2) is 19.2 Å². The van der Waals surface area contributed by atoms with E-state index in [9.17, 15) is 9.18 Å². The van der Waals surface area contributed by atoms with Gasteiger partial charge in [0.25, 0.3) is 0 Å². The highest BCUT2D eigenvalue weighted by Gasteiger charge is 2.13. The summed E-state index contributed by atoms with van der Waals surface area (Å²) in [6, 6.07) is 4.72. The lowest BCUT2D eigenvalue weighted by Crippen LogP contribution is -2.36. The van der Waals surface area contributed by atoms with E-state index < -0.39 is 17.9 Å². The Morgan fingerprint density at radius 2 is 2.07 bits per heavy atom. The zero-order valence-electron chi connectivity index (χ0n) is 14.6. The number of rotatable bonds is 8. The van der Waals surface area contributed by atoms with Crippen molar-refractivity contribution in [3.63, 3.8) is 0 Å². The van der Waals surface area contributed by atoms with Crippen LogP contribution in [0.15, 0.2) is 30.6 Å². The summed E-state index contributed by atoms with van der Waals surface area (Å²) >= 11 is 1.52. The van der Waals surface area contributed by atoms with Gasteiger partial charge in [0, 0.05) is 42.2 Å². The van der Waals surface area contributed by atoms with Crippen LogP contribution < -0.4 is 21.1 Å². The normalized spacial score (nSPS) is 10.3. The number of amides is 1. The first-order valence-electron chi connectivity index (χ1n) is 7.88. The number of benzene rings is 1. The quantitative estimate of drug-likeness (QED) is 0.198. The Labute approximate surface area is 159 Å². The molecule has 0 radical (unpaired) electrons. The van der Waals surface area contributed by atoms with Gasteiger partial charge >= 0.3 is 6.09 Å². The van der Waals surface area contributed by atoms with E-state index in [2.05, 4.69) is 20.0 Å². The molecular formula is C16H20FN7O2S. The van der Waals surface area contributed by atoms with Crippen LogP contribution in [0.25, 0.3) is 11.1 Å². The highest BCUT2D eigenvalue weighted by Crippen LogP contribution is 2.24. The predicted molar refractivity (Wildman–Crippen MR) is 103 cm³/mol. The lowest BCUT2D eigenvalue weighted by molar-refractivity contribution is 0.143. The third-order valence-electron chi connectivity index (χ3n) is 3.29. The highest BCUT2D eigenvalue weighted by atomic mass is 32.2. The van der Waals surface area contributed by atoms with Crippen LogP contribution in [-0.2, 0) is 11.3 Å². The summed E-state index contributed by atoms with van der Waals surface area (Å²) in [5.74, 6) is -0.645. The summed E-state index contributed by atoms with van der Waals surface area (Å²) in [4.78, 5) is 19.7. The fourth-order valence-corrected chi connectivity index (χ4v) is 2.40. The maximum Gasteiger partial charge on any atom is 0.414 e. The molecule has 0 atom stereocenters. The molecule has 0 saturated carbocycles. The molecule has 0 saturated heterocycles. The monoisotopic (exact) mass is 393 g/mol. The van der Waals surface area contributed by atoms with Crippen molar-refractivity contribution in [2.75, 3.05) is 24.7 Å². The topological polar surface area (TPSA) is 138 Å². The minimum atomic E-state index is -0.929. The van der Waals surface area contributed by atoms with Crippen molar-refractivity contribution in [3.05, 3.63) is 42.0 Å². The first kappa shape index (κ1) is 20.4. The van der Waals surface area contributed by atoms with Gasteiger partial charge in [-0.2, -0.15) is 0 Å². The molecule has 2 rings (SSSR count). The van der Waals surface area contributed by atoms with Crippen LogP contribution in [0, 0.1) is 11.2 Å². The molecule has 1 aromatic carbocycles. The average Bonchev–Trinajstić information content (AvgIpc) is 2.64. The number of alkyl carbamates (subject to hydrolysis) is 1. The van der Waals surface area contributed by atoms with E-state index in [4.69, 9.17) is 15.9 Å². The second-order valence-corrected chi connectivity index (χ2v) is 5.91. The summed E-state index contributed by atoms with van der Waals surface area (Å²) in [5.41, 5.74) is 5.99. The largest absolute Gasteiger partial charge is 0.444 e. The Balaban J connectivity index is 2.03. The van der Waals surface area contributed by atoms with Crippen LogP contribution in [0.4, 0.5) is 15.1 Å². The second kappa shape index (κ2) is 10.3. The average molecular weight is 393 g/mol. The van der Waals surface area contributed by atoms with E-state index in [1.165, 1.54) is 30.4 Å². The van der Waals surface area contributed by atoms with E-state index >= 15 is 0 Å². The number of nitrogens with zero attached hydrogens (tertiary/aromatic N) is 2. The fourth-order valence-electron chi connectivity index (χ4n) is 2.09. The zero-order chi connectivity index (χ0) is 19.6. The van der Waals surface area contributed by atoms with Gasteiger partial charge in [0.05, 0.1) is 0 Å². The van der Waals surface area contributed by atoms with Crippen LogP contribution >= 0.6 is 11.9 Å². The molecule has 1 aromatic heterocycles. The first-order chi connectivity index (χ1) is 13.0. The molecule has 1 amide bonds. The molecule has 0 aliphatic heterocycles. The molecule has 2 aromatic rings. The standard InChI is InChI=1S/C16H20FN7O2S/c1-27-23-6-5-20-15-21-7-11(8-22-15)12-4-2-3-10(13(12)17)9-26-16(25)24-14(18)19/h2-4,7-8,23H,5-6,9H2,1H3,(H,20,21,22)(H4,18,19,24,25). The third kappa shape index (κ3) is 6.38. The number of ether oxygens (including phenoxy) is 1. The Bertz CT molecular complexity index is 789. The molecule has 0 bridgehead atoms. The van der Waals surface area contributed by atoms with E-state index in [1.807, 2.05) is 11.6 Å². The van der Waals surface area contributed by atoms with Crippen LogP contribution in [0.2, 0.25) is 0 Å². The van der Waals surface area contributed by atoms with Gasteiger partial charge in [-0.05, 0) is 6.26 Å².